The van der Waals surface area contributed by atoms with Crippen molar-refractivity contribution in [1.82, 2.24) is 15.1 Å². The summed E-state index contributed by atoms with van der Waals surface area (Å²) in [6.45, 7) is 2.99. The maximum absolute atomic E-state index is 13.0. The molecule has 0 spiro atoms. The van der Waals surface area contributed by atoms with Crippen LogP contribution in [0.4, 0.5) is 0 Å². The zero-order chi connectivity index (χ0) is 16.9. The van der Waals surface area contributed by atoms with E-state index >= 15 is 0 Å². The Balaban J connectivity index is 1.79. The molecule has 0 saturated carbocycles. The Labute approximate surface area is 141 Å². The first kappa shape index (κ1) is 16.3. The van der Waals surface area contributed by atoms with Crippen LogP contribution in [-0.2, 0) is 4.79 Å². The van der Waals surface area contributed by atoms with Gasteiger partial charge >= 0.3 is 0 Å². The summed E-state index contributed by atoms with van der Waals surface area (Å²) in [7, 11) is 2.04. The van der Waals surface area contributed by atoms with E-state index in [1.807, 2.05) is 37.4 Å². The largest absolute Gasteiger partial charge is 0.459 e. The number of hydrogen-bond acceptors (Lipinski definition) is 4. The van der Waals surface area contributed by atoms with Gasteiger partial charge in [0, 0.05) is 26.2 Å². The Bertz CT molecular complexity index is 677. The lowest BCUT2D eigenvalue weighted by atomic mass is 10.0. The van der Waals surface area contributed by atoms with E-state index in [4.69, 9.17) is 4.42 Å². The Morgan fingerprint density at radius 3 is 2.38 bits per heavy atom. The van der Waals surface area contributed by atoms with Gasteiger partial charge in [-0.3, -0.25) is 9.59 Å². The monoisotopic (exact) mass is 327 g/mol. The molecule has 2 aromatic rings. The average Bonchev–Trinajstić information content (AvgIpc) is 3.15. The second-order valence-corrected chi connectivity index (χ2v) is 5.92. The van der Waals surface area contributed by atoms with E-state index in [9.17, 15) is 9.59 Å². The van der Waals surface area contributed by atoms with Crippen molar-refractivity contribution in [1.29, 1.82) is 0 Å². The van der Waals surface area contributed by atoms with E-state index in [1.54, 1.807) is 17.0 Å². The number of furan rings is 1. The van der Waals surface area contributed by atoms with Crippen molar-refractivity contribution in [2.75, 3.05) is 33.2 Å². The van der Waals surface area contributed by atoms with Crippen LogP contribution in [0, 0.1) is 0 Å². The van der Waals surface area contributed by atoms with Gasteiger partial charge in [-0.1, -0.05) is 30.3 Å². The fourth-order valence-corrected chi connectivity index (χ4v) is 2.75. The zero-order valence-electron chi connectivity index (χ0n) is 13.6. The van der Waals surface area contributed by atoms with Crippen molar-refractivity contribution in [3.05, 3.63) is 60.1 Å². The molecule has 1 saturated heterocycles. The molecule has 1 fully saturated rings. The summed E-state index contributed by atoms with van der Waals surface area (Å²) in [5.41, 5.74) is 0.765. The maximum Gasteiger partial charge on any atom is 0.287 e. The zero-order valence-corrected chi connectivity index (χ0v) is 13.6. The van der Waals surface area contributed by atoms with Gasteiger partial charge in [0.25, 0.3) is 5.91 Å². The minimum absolute atomic E-state index is 0.0887. The summed E-state index contributed by atoms with van der Waals surface area (Å²) in [5.74, 6) is -0.285. The third-order valence-corrected chi connectivity index (χ3v) is 4.22. The SMILES string of the molecule is CN1CCN(C(=O)[C@@H](NC(=O)c2ccco2)c2ccccc2)CC1. The molecular weight excluding hydrogens is 306 g/mol. The number of hydrogen-bond donors (Lipinski definition) is 1. The van der Waals surface area contributed by atoms with Gasteiger partial charge in [-0.15, -0.1) is 0 Å². The molecule has 24 heavy (non-hydrogen) atoms. The molecular formula is C18H21N3O3. The molecule has 126 valence electrons. The van der Waals surface area contributed by atoms with Crippen molar-refractivity contribution in [3.63, 3.8) is 0 Å². The molecule has 1 atom stereocenters. The van der Waals surface area contributed by atoms with E-state index in [0.717, 1.165) is 18.7 Å². The van der Waals surface area contributed by atoms with Crippen LogP contribution >= 0.6 is 0 Å². The van der Waals surface area contributed by atoms with Gasteiger partial charge in [-0.05, 0) is 24.7 Å². The normalized spacial score (nSPS) is 16.6. The van der Waals surface area contributed by atoms with Gasteiger partial charge in [-0.25, -0.2) is 0 Å². The number of rotatable bonds is 4. The Morgan fingerprint density at radius 1 is 1.04 bits per heavy atom. The number of nitrogens with one attached hydrogen (secondary N) is 1. The molecule has 3 rings (SSSR count). The maximum atomic E-state index is 13.0. The lowest BCUT2D eigenvalue weighted by Crippen LogP contribution is -2.51. The molecule has 0 bridgehead atoms. The molecule has 1 N–H and O–H groups in total. The van der Waals surface area contributed by atoms with Crippen LogP contribution in [0.5, 0.6) is 0 Å². The van der Waals surface area contributed by atoms with Crippen LogP contribution in [0.1, 0.15) is 22.2 Å². The second kappa shape index (κ2) is 7.31. The van der Waals surface area contributed by atoms with Gasteiger partial charge in [0.05, 0.1) is 6.26 Å². The highest BCUT2D eigenvalue weighted by molar-refractivity contribution is 5.95. The quantitative estimate of drug-likeness (QED) is 0.925. The van der Waals surface area contributed by atoms with Crippen LogP contribution in [-0.4, -0.2) is 54.8 Å². The lowest BCUT2D eigenvalue weighted by molar-refractivity contribution is -0.135. The van der Waals surface area contributed by atoms with Crippen LogP contribution in [0.2, 0.25) is 0 Å². The molecule has 1 aliphatic heterocycles. The molecule has 6 nitrogen and oxygen atoms in total. The first-order valence-corrected chi connectivity index (χ1v) is 8.02. The Morgan fingerprint density at radius 2 is 1.75 bits per heavy atom. The second-order valence-electron chi connectivity index (χ2n) is 5.92. The topological polar surface area (TPSA) is 65.8 Å². The summed E-state index contributed by atoms with van der Waals surface area (Å²) in [5, 5.41) is 2.81. The van der Waals surface area contributed by atoms with Crippen LogP contribution in [0.15, 0.2) is 53.1 Å². The summed E-state index contributed by atoms with van der Waals surface area (Å²) >= 11 is 0. The molecule has 2 heterocycles. The third-order valence-electron chi connectivity index (χ3n) is 4.22. The van der Waals surface area contributed by atoms with E-state index < -0.39 is 11.9 Å². The smallest absolute Gasteiger partial charge is 0.287 e. The molecule has 1 aromatic heterocycles. The molecule has 2 amide bonds. The minimum Gasteiger partial charge on any atom is -0.459 e. The number of amides is 2. The van der Waals surface area contributed by atoms with Crippen molar-refractivity contribution in [2.24, 2.45) is 0 Å². The summed E-state index contributed by atoms with van der Waals surface area (Å²) in [4.78, 5) is 29.3. The molecule has 0 unspecified atom stereocenters. The Kier molecular flexibility index (Phi) is 4.96. The predicted molar refractivity (Wildman–Crippen MR) is 89.4 cm³/mol. The van der Waals surface area contributed by atoms with Crippen molar-refractivity contribution in [2.45, 2.75) is 6.04 Å². The molecule has 0 radical (unpaired) electrons. The van der Waals surface area contributed by atoms with Gasteiger partial charge in [0.15, 0.2) is 5.76 Å². The number of piperazine rings is 1. The Hall–Kier alpha value is -2.60. The molecule has 1 aromatic carbocycles. The highest BCUT2D eigenvalue weighted by atomic mass is 16.3. The third kappa shape index (κ3) is 3.65. The summed E-state index contributed by atoms with van der Waals surface area (Å²) in [6.07, 6.45) is 1.44. The highest BCUT2D eigenvalue weighted by Gasteiger charge is 2.29. The summed E-state index contributed by atoms with van der Waals surface area (Å²) < 4.78 is 5.13. The average molecular weight is 327 g/mol. The fraction of sp³-hybridized carbons (Fsp3) is 0.333. The standard InChI is InChI=1S/C18H21N3O3/c1-20-9-11-21(12-10-20)18(23)16(14-6-3-2-4-7-14)19-17(22)15-8-5-13-24-15/h2-8,13,16H,9-12H2,1H3,(H,19,22)/t16-/m0/s1. The van der Waals surface area contributed by atoms with E-state index in [0.29, 0.717) is 13.1 Å². The highest BCUT2D eigenvalue weighted by Crippen LogP contribution is 2.18. The van der Waals surface area contributed by atoms with Crippen molar-refractivity contribution in [3.8, 4) is 0 Å². The number of benzene rings is 1. The van der Waals surface area contributed by atoms with Crippen molar-refractivity contribution >= 4 is 11.8 Å². The molecule has 6 heteroatoms. The van der Waals surface area contributed by atoms with E-state index in [-0.39, 0.29) is 11.7 Å². The van der Waals surface area contributed by atoms with Crippen LogP contribution in [0.25, 0.3) is 0 Å². The van der Waals surface area contributed by atoms with E-state index in [2.05, 4.69) is 10.2 Å². The first-order chi connectivity index (χ1) is 11.6. The van der Waals surface area contributed by atoms with Crippen molar-refractivity contribution < 1.29 is 14.0 Å². The van der Waals surface area contributed by atoms with Gasteiger partial charge < -0.3 is 19.5 Å². The van der Waals surface area contributed by atoms with E-state index in [1.165, 1.54) is 6.26 Å². The molecule has 1 aliphatic rings. The van der Waals surface area contributed by atoms with Gasteiger partial charge in [-0.2, -0.15) is 0 Å². The van der Waals surface area contributed by atoms with Crippen LogP contribution < -0.4 is 5.32 Å². The first-order valence-electron chi connectivity index (χ1n) is 8.02. The fourth-order valence-electron chi connectivity index (χ4n) is 2.75. The number of likely N-dealkylation sites (N-methyl/N-ethyl adjacent to an activating group) is 1. The number of carbonyl (C=O) groups is 2. The summed E-state index contributed by atoms with van der Waals surface area (Å²) in [6, 6.07) is 11.8. The minimum atomic E-state index is -0.716. The molecule has 0 aliphatic carbocycles. The van der Waals surface area contributed by atoms with Gasteiger partial charge in [0.1, 0.15) is 6.04 Å². The van der Waals surface area contributed by atoms with Gasteiger partial charge in [0.2, 0.25) is 5.91 Å². The van der Waals surface area contributed by atoms with Crippen LogP contribution in [0.3, 0.4) is 0 Å². The lowest BCUT2D eigenvalue weighted by Gasteiger charge is -2.34. The predicted octanol–water partition coefficient (Wildman–Crippen LogP) is 1.52. The number of carbonyl (C=O) groups excluding carboxylic acids is 2. The number of nitrogens with zero attached hydrogens (tertiary/aromatic N) is 2.